The Morgan fingerprint density at radius 1 is 1.50 bits per heavy atom. The molecule has 0 aliphatic heterocycles. The smallest absolute Gasteiger partial charge is 0.0728 e. The molecule has 0 aromatic carbocycles. The number of hydrogen-bond donors (Lipinski definition) is 1. The molecular formula is C13H23N3. The van der Waals surface area contributed by atoms with Crippen LogP contribution < -0.4 is 5.32 Å². The molecule has 0 amide bonds. The molecule has 3 nitrogen and oxygen atoms in total. The molecule has 1 saturated carbocycles. The van der Waals surface area contributed by atoms with Gasteiger partial charge in [-0.1, -0.05) is 26.7 Å². The first-order valence-corrected chi connectivity index (χ1v) is 6.41. The summed E-state index contributed by atoms with van der Waals surface area (Å²) in [6, 6.07) is 0.593. The molecule has 90 valence electrons. The molecule has 0 saturated heterocycles. The molecule has 1 unspecified atom stereocenters. The fourth-order valence-electron chi connectivity index (χ4n) is 2.57. The Morgan fingerprint density at radius 3 is 2.94 bits per heavy atom. The predicted octanol–water partition coefficient (Wildman–Crippen LogP) is 3.28. The molecule has 0 radical (unpaired) electrons. The van der Waals surface area contributed by atoms with Gasteiger partial charge in [0.25, 0.3) is 0 Å². The lowest BCUT2D eigenvalue weighted by molar-refractivity contribution is 0.217. The zero-order valence-corrected chi connectivity index (χ0v) is 10.7. The summed E-state index contributed by atoms with van der Waals surface area (Å²) in [7, 11) is 0. The van der Waals surface area contributed by atoms with Gasteiger partial charge in [0.15, 0.2) is 0 Å². The summed E-state index contributed by atoms with van der Waals surface area (Å²) < 4.78 is 1.97. The van der Waals surface area contributed by atoms with Gasteiger partial charge in [0.05, 0.1) is 11.9 Å². The lowest BCUT2D eigenvalue weighted by Gasteiger charge is -2.39. The van der Waals surface area contributed by atoms with Crippen molar-refractivity contribution in [3.63, 3.8) is 0 Å². The van der Waals surface area contributed by atoms with Crippen molar-refractivity contribution in [1.82, 2.24) is 9.78 Å². The molecule has 3 heteroatoms. The first-order valence-electron chi connectivity index (χ1n) is 6.41. The third-order valence-corrected chi connectivity index (χ3v) is 3.81. The van der Waals surface area contributed by atoms with Crippen LogP contribution in [0.3, 0.4) is 0 Å². The standard InChI is InChI=1S/C13H23N3/c1-4-16-10-11(9-14-16)15-12-7-5-6-8-13(12,2)3/h9-10,12,15H,4-8H2,1-3H3. The molecule has 1 aromatic rings. The number of rotatable bonds is 3. The molecule has 16 heavy (non-hydrogen) atoms. The Labute approximate surface area is 98.2 Å². The highest BCUT2D eigenvalue weighted by molar-refractivity contribution is 5.40. The van der Waals surface area contributed by atoms with Gasteiger partial charge in [-0.2, -0.15) is 5.10 Å². The summed E-state index contributed by atoms with van der Waals surface area (Å²) in [6.45, 7) is 7.79. The minimum Gasteiger partial charge on any atom is -0.379 e. The van der Waals surface area contributed by atoms with E-state index >= 15 is 0 Å². The highest BCUT2D eigenvalue weighted by Crippen LogP contribution is 2.37. The number of nitrogens with zero attached hydrogens (tertiary/aromatic N) is 2. The van der Waals surface area contributed by atoms with Gasteiger partial charge in [-0.15, -0.1) is 0 Å². The Morgan fingerprint density at radius 2 is 2.31 bits per heavy atom. The molecule has 1 fully saturated rings. The number of anilines is 1. The van der Waals surface area contributed by atoms with E-state index in [2.05, 4.69) is 37.4 Å². The number of hydrogen-bond acceptors (Lipinski definition) is 2. The maximum Gasteiger partial charge on any atom is 0.0728 e. The van der Waals surface area contributed by atoms with Crippen LogP contribution >= 0.6 is 0 Å². The summed E-state index contributed by atoms with van der Waals surface area (Å²) in [5.41, 5.74) is 1.58. The molecule has 1 aliphatic carbocycles. The van der Waals surface area contributed by atoms with E-state index in [-0.39, 0.29) is 0 Å². The quantitative estimate of drug-likeness (QED) is 0.849. The molecule has 1 aliphatic rings. The third-order valence-electron chi connectivity index (χ3n) is 3.81. The Hall–Kier alpha value is -0.990. The number of aryl methyl sites for hydroxylation is 1. The fourth-order valence-corrected chi connectivity index (χ4v) is 2.57. The summed E-state index contributed by atoms with van der Waals surface area (Å²) in [6.07, 6.45) is 9.37. The zero-order chi connectivity index (χ0) is 11.6. The molecule has 2 rings (SSSR count). The monoisotopic (exact) mass is 221 g/mol. The van der Waals surface area contributed by atoms with Gasteiger partial charge < -0.3 is 5.32 Å². The van der Waals surface area contributed by atoms with Gasteiger partial charge in [-0.05, 0) is 25.2 Å². The summed E-state index contributed by atoms with van der Waals surface area (Å²) in [5.74, 6) is 0. The van der Waals surface area contributed by atoms with Crippen molar-refractivity contribution in [1.29, 1.82) is 0 Å². The SMILES string of the molecule is CCn1cc(NC2CCCCC2(C)C)cn1. The van der Waals surface area contributed by atoms with Gasteiger partial charge in [0.2, 0.25) is 0 Å². The predicted molar refractivity (Wildman–Crippen MR) is 67.6 cm³/mol. The van der Waals surface area contributed by atoms with Crippen molar-refractivity contribution >= 4 is 5.69 Å². The Balaban J connectivity index is 2.02. The van der Waals surface area contributed by atoms with Crippen molar-refractivity contribution < 1.29 is 0 Å². The summed E-state index contributed by atoms with van der Waals surface area (Å²) in [4.78, 5) is 0. The topological polar surface area (TPSA) is 29.9 Å². The van der Waals surface area contributed by atoms with E-state index in [1.165, 1.54) is 31.4 Å². The van der Waals surface area contributed by atoms with Crippen LogP contribution in [0.5, 0.6) is 0 Å². The number of aromatic nitrogens is 2. The van der Waals surface area contributed by atoms with Crippen molar-refractivity contribution in [3.05, 3.63) is 12.4 Å². The Bertz CT molecular complexity index is 341. The van der Waals surface area contributed by atoms with Crippen LogP contribution in [0.4, 0.5) is 5.69 Å². The first kappa shape index (κ1) is 11.5. The van der Waals surface area contributed by atoms with Crippen LogP contribution in [0.25, 0.3) is 0 Å². The van der Waals surface area contributed by atoms with Crippen molar-refractivity contribution in [2.75, 3.05) is 5.32 Å². The van der Waals surface area contributed by atoms with Crippen LogP contribution in [0.2, 0.25) is 0 Å². The van der Waals surface area contributed by atoms with Crippen LogP contribution in [0.15, 0.2) is 12.4 Å². The van der Waals surface area contributed by atoms with E-state index in [0.717, 1.165) is 6.54 Å². The second kappa shape index (κ2) is 4.48. The lowest BCUT2D eigenvalue weighted by atomic mass is 9.73. The minimum atomic E-state index is 0.409. The van der Waals surface area contributed by atoms with Crippen LogP contribution in [0, 0.1) is 5.41 Å². The summed E-state index contributed by atoms with van der Waals surface area (Å²) >= 11 is 0. The molecule has 1 atom stereocenters. The third kappa shape index (κ3) is 2.39. The van der Waals surface area contributed by atoms with Crippen molar-refractivity contribution in [2.45, 2.75) is 59.0 Å². The first-order chi connectivity index (χ1) is 7.62. The Kier molecular flexibility index (Phi) is 3.22. The molecule has 1 N–H and O–H groups in total. The van der Waals surface area contributed by atoms with Crippen LogP contribution in [-0.4, -0.2) is 15.8 Å². The second-order valence-corrected chi connectivity index (χ2v) is 5.52. The average Bonchev–Trinajstić information content (AvgIpc) is 2.69. The van der Waals surface area contributed by atoms with E-state index < -0.39 is 0 Å². The van der Waals surface area contributed by atoms with E-state index in [1.807, 2.05) is 10.9 Å². The zero-order valence-electron chi connectivity index (χ0n) is 10.7. The largest absolute Gasteiger partial charge is 0.379 e. The highest BCUT2D eigenvalue weighted by atomic mass is 15.3. The van der Waals surface area contributed by atoms with Gasteiger partial charge in [-0.3, -0.25) is 4.68 Å². The van der Waals surface area contributed by atoms with Gasteiger partial charge >= 0.3 is 0 Å². The maximum atomic E-state index is 4.30. The van der Waals surface area contributed by atoms with Crippen LogP contribution in [0.1, 0.15) is 46.5 Å². The molecule has 0 bridgehead atoms. The van der Waals surface area contributed by atoms with Crippen molar-refractivity contribution in [3.8, 4) is 0 Å². The van der Waals surface area contributed by atoms with Gasteiger partial charge in [-0.25, -0.2) is 0 Å². The fraction of sp³-hybridized carbons (Fsp3) is 0.769. The second-order valence-electron chi connectivity index (χ2n) is 5.52. The molecule has 1 aromatic heterocycles. The van der Waals surface area contributed by atoms with E-state index in [4.69, 9.17) is 0 Å². The molecular weight excluding hydrogens is 198 g/mol. The molecule has 1 heterocycles. The van der Waals surface area contributed by atoms with Gasteiger partial charge in [0.1, 0.15) is 0 Å². The van der Waals surface area contributed by atoms with E-state index in [9.17, 15) is 0 Å². The van der Waals surface area contributed by atoms with Crippen molar-refractivity contribution in [2.24, 2.45) is 5.41 Å². The maximum absolute atomic E-state index is 4.30. The highest BCUT2D eigenvalue weighted by Gasteiger charge is 2.32. The molecule has 0 spiro atoms. The van der Waals surface area contributed by atoms with E-state index in [0.29, 0.717) is 11.5 Å². The van der Waals surface area contributed by atoms with E-state index in [1.54, 1.807) is 0 Å². The minimum absolute atomic E-state index is 0.409. The number of nitrogens with one attached hydrogen (secondary N) is 1. The normalized spacial score (nSPS) is 24.3. The summed E-state index contributed by atoms with van der Waals surface area (Å²) in [5, 5.41) is 7.94. The van der Waals surface area contributed by atoms with Gasteiger partial charge in [0, 0.05) is 18.8 Å². The average molecular weight is 221 g/mol. The lowest BCUT2D eigenvalue weighted by Crippen LogP contribution is -2.38. The van der Waals surface area contributed by atoms with Crippen LogP contribution in [-0.2, 0) is 6.54 Å².